The monoisotopic (exact) mass is 268 g/mol. The number of amides is 1. The van der Waals surface area contributed by atoms with E-state index in [9.17, 15) is 9.59 Å². The van der Waals surface area contributed by atoms with Crippen LogP contribution in [-0.2, 0) is 16.1 Å². The molecule has 0 fully saturated rings. The number of hydrogen-bond donors (Lipinski definition) is 2. The van der Waals surface area contributed by atoms with Crippen LogP contribution in [0.3, 0.4) is 0 Å². The molecule has 98 valence electrons. The van der Waals surface area contributed by atoms with Crippen molar-refractivity contribution in [1.29, 1.82) is 0 Å². The Morgan fingerprint density at radius 1 is 1.56 bits per heavy atom. The summed E-state index contributed by atoms with van der Waals surface area (Å²) in [6.45, 7) is 3.57. The van der Waals surface area contributed by atoms with Gasteiger partial charge in [0.25, 0.3) is 0 Å². The first-order valence-electron chi connectivity index (χ1n) is 5.50. The lowest BCUT2D eigenvalue weighted by Gasteiger charge is -2.16. The molecule has 0 saturated carbocycles. The summed E-state index contributed by atoms with van der Waals surface area (Å²) in [4.78, 5) is 24.2. The number of primary amides is 1. The molecule has 1 amide bonds. The number of likely N-dealkylation sites (N-methyl/N-ethyl adjacent to an activating group) is 1. The van der Waals surface area contributed by atoms with Crippen LogP contribution >= 0.6 is 11.3 Å². The van der Waals surface area contributed by atoms with E-state index in [0.717, 1.165) is 23.1 Å². The zero-order chi connectivity index (χ0) is 13.5. The quantitative estimate of drug-likeness (QED) is 0.727. The molecular weight excluding hydrogens is 252 g/mol. The Kier molecular flexibility index (Phi) is 5.54. The maximum atomic E-state index is 10.8. The van der Waals surface area contributed by atoms with Crippen LogP contribution in [0, 0.1) is 0 Å². The minimum Gasteiger partial charge on any atom is -0.478 e. The number of carboxylic acid groups (broad SMARTS) is 1. The highest BCUT2D eigenvalue weighted by Crippen LogP contribution is 2.17. The first kappa shape index (κ1) is 14.4. The molecule has 0 spiro atoms. The van der Waals surface area contributed by atoms with Gasteiger partial charge in [-0.25, -0.2) is 4.79 Å². The lowest BCUT2D eigenvalue weighted by molar-refractivity contribution is -0.131. The van der Waals surface area contributed by atoms with E-state index in [0.29, 0.717) is 6.54 Å². The lowest BCUT2D eigenvalue weighted by Crippen LogP contribution is -2.32. The van der Waals surface area contributed by atoms with E-state index in [-0.39, 0.29) is 12.5 Å². The summed E-state index contributed by atoms with van der Waals surface area (Å²) in [5, 5.41) is 10.4. The van der Waals surface area contributed by atoms with Gasteiger partial charge in [0, 0.05) is 17.5 Å². The Bertz CT molecular complexity index is 454. The van der Waals surface area contributed by atoms with E-state index in [1.54, 1.807) is 6.08 Å². The molecule has 18 heavy (non-hydrogen) atoms. The molecule has 0 aromatic carbocycles. The predicted molar refractivity (Wildman–Crippen MR) is 71.1 cm³/mol. The Hall–Kier alpha value is -1.66. The predicted octanol–water partition coefficient (Wildman–Crippen LogP) is 1.15. The molecule has 3 N–H and O–H groups in total. The van der Waals surface area contributed by atoms with Crippen LogP contribution in [0.15, 0.2) is 17.5 Å². The third-order valence-electron chi connectivity index (χ3n) is 2.30. The number of carboxylic acids is 1. The molecule has 0 bridgehead atoms. The average Bonchev–Trinajstić information content (AvgIpc) is 2.72. The normalized spacial score (nSPS) is 11.2. The minimum absolute atomic E-state index is 0.231. The molecule has 0 unspecified atom stereocenters. The largest absolute Gasteiger partial charge is 0.478 e. The summed E-state index contributed by atoms with van der Waals surface area (Å²) in [6, 6.07) is 1.91. The van der Waals surface area contributed by atoms with Crippen molar-refractivity contribution in [3.8, 4) is 0 Å². The fourth-order valence-electron chi connectivity index (χ4n) is 1.46. The number of thiophene rings is 1. The molecule has 1 heterocycles. The highest BCUT2D eigenvalue weighted by atomic mass is 32.1. The van der Waals surface area contributed by atoms with Gasteiger partial charge in [-0.05, 0) is 29.6 Å². The van der Waals surface area contributed by atoms with Crippen molar-refractivity contribution in [3.05, 3.63) is 28.0 Å². The van der Waals surface area contributed by atoms with E-state index in [4.69, 9.17) is 10.8 Å². The van der Waals surface area contributed by atoms with Gasteiger partial charge in [-0.3, -0.25) is 9.69 Å². The molecule has 1 aromatic rings. The van der Waals surface area contributed by atoms with Gasteiger partial charge in [-0.15, -0.1) is 11.3 Å². The molecule has 0 saturated heterocycles. The number of carbonyl (C=O) groups is 2. The minimum atomic E-state index is -0.966. The van der Waals surface area contributed by atoms with Gasteiger partial charge in [-0.2, -0.15) is 0 Å². The Morgan fingerprint density at radius 2 is 2.28 bits per heavy atom. The second-order valence-corrected chi connectivity index (χ2v) is 4.78. The molecular formula is C12H16N2O3S. The standard InChI is InChI=1S/C12H16N2O3S/c1-2-14(7-11(13)15)6-10-5-9(8-18-10)3-4-12(16)17/h3-5,8H,2,6-7H2,1H3,(H2,13,15)(H,16,17)/b4-3+. The van der Waals surface area contributed by atoms with Gasteiger partial charge in [-0.1, -0.05) is 6.92 Å². The molecule has 0 aliphatic heterocycles. The van der Waals surface area contributed by atoms with E-state index >= 15 is 0 Å². The summed E-state index contributed by atoms with van der Waals surface area (Å²) < 4.78 is 0. The SMILES string of the molecule is CCN(CC(N)=O)Cc1cc(/C=C/C(=O)O)cs1. The number of nitrogens with zero attached hydrogens (tertiary/aromatic N) is 1. The van der Waals surface area contributed by atoms with Crippen LogP contribution in [0.2, 0.25) is 0 Å². The zero-order valence-corrected chi connectivity index (χ0v) is 10.9. The molecule has 1 rings (SSSR count). The van der Waals surface area contributed by atoms with Crippen LogP contribution in [0.1, 0.15) is 17.4 Å². The van der Waals surface area contributed by atoms with Crippen molar-refractivity contribution in [2.45, 2.75) is 13.5 Å². The maximum Gasteiger partial charge on any atom is 0.328 e. The van der Waals surface area contributed by atoms with Crippen LogP contribution in [0.4, 0.5) is 0 Å². The molecule has 1 aromatic heterocycles. The third-order valence-corrected chi connectivity index (χ3v) is 3.24. The first-order chi connectivity index (χ1) is 8.51. The van der Waals surface area contributed by atoms with Crippen LogP contribution in [-0.4, -0.2) is 35.0 Å². The number of hydrogen-bond acceptors (Lipinski definition) is 4. The van der Waals surface area contributed by atoms with Crippen molar-refractivity contribution >= 4 is 29.3 Å². The van der Waals surface area contributed by atoms with Gasteiger partial charge in [0.15, 0.2) is 0 Å². The molecule has 0 atom stereocenters. The number of nitrogens with two attached hydrogens (primary N) is 1. The maximum absolute atomic E-state index is 10.8. The highest BCUT2D eigenvalue weighted by molar-refractivity contribution is 7.10. The van der Waals surface area contributed by atoms with Gasteiger partial charge in [0.1, 0.15) is 0 Å². The second-order valence-electron chi connectivity index (χ2n) is 3.79. The molecule has 0 radical (unpaired) electrons. The fraction of sp³-hybridized carbons (Fsp3) is 0.333. The topological polar surface area (TPSA) is 83.6 Å². The smallest absolute Gasteiger partial charge is 0.328 e. The number of carbonyl (C=O) groups excluding carboxylic acids is 1. The summed E-state index contributed by atoms with van der Waals surface area (Å²) in [7, 11) is 0. The third kappa shape index (κ3) is 5.11. The Labute approximate surface area is 110 Å². The van der Waals surface area contributed by atoms with Crippen molar-refractivity contribution in [3.63, 3.8) is 0 Å². The van der Waals surface area contributed by atoms with E-state index < -0.39 is 5.97 Å². The molecule has 6 heteroatoms. The second kappa shape index (κ2) is 6.93. The zero-order valence-electron chi connectivity index (χ0n) is 10.1. The van der Waals surface area contributed by atoms with Gasteiger partial charge >= 0.3 is 5.97 Å². The van der Waals surface area contributed by atoms with Crippen molar-refractivity contribution in [2.75, 3.05) is 13.1 Å². The molecule has 0 aliphatic carbocycles. The van der Waals surface area contributed by atoms with Crippen molar-refractivity contribution < 1.29 is 14.7 Å². The van der Waals surface area contributed by atoms with Gasteiger partial charge in [0.2, 0.25) is 5.91 Å². The van der Waals surface area contributed by atoms with E-state index in [1.165, 1.54) is 11.3 Å². The van der Waals surface area contributed by atoms with E-state index in [2.05, 4.69) is 0 Å². The van der Waals surface area contributed by atoms with Crippen molar-refractivity contribution in [2.24, 2.45) is 5.73 Å². The summed E-state index contributed by atoms with van der Waals surface area (Å²) in [6.07, 6.45) is 2.65. The summed E-state index contributed by atoms with van der Waals surface area (Å²) in [5.74, 6) is -1.31. The summed E-state index contributed by atoms with van der Waals surface area (Å²) >= 11 is 1.53. The molecule has 0 aliphatic rings. The fourth-order valence-corrected chi connectivity index (χ4v) is 2.35. The van der Waals surface area contributed by atoms with Crippen LogP contribution in [0.5, 0.6) is 0 Å². The average molecular weight is 268 g/mol. The highest BCUT2D eigenvalue weighted by Gasteiger charge is 2.08. The first-order valence-corrected chi connectivity index (χ1v) is 6.38. The summed E-state index contributed by atoms with van der Waals surface area (Å²) in [5.41, 5.74) is 6.01. The number of rotatable bonds is 7. The van der Waals surface area contributed by atoms with Crippen molar-refractivity contribution in [1.82, 2.24) is 4.90 Å². The Morgan fingerprint density at radius 3 is 2.83 bits per heavy atom. The van der Waals surface area contributed by atoms with Crippen LogP contribution in [0.25, 0.3) is 6.08 Å². The van der Waals surface area contributed by atoms with Crippen LogP contribution < -0.4 is 5.73 Å². The Balaban J connectivity index is 2.62. The van der Waals surface area contributed by atoms with E-state index in [1.807, 2.05) is 23.3 Å². The van der Waals surface area contributed by atoms with Gasteiger partial charge < -0.3 is 10.8 Å². The van der Waals surface area contributed by atoms with Gasteiger partial charge in [0.05, 0.1) is 6.54 Å². The number of aliphatic carboxylic acids is 1. The lowest BCUT2D eigenvalue weighted by atomic mass is 10.2. The molecule has 5 nitrogen and oxygen atoms in total.